The van der Waals surface area contributed by atoms with Crippen LogP contribution in [0.3, 0.4) is 0 Å². The lowest BCUT2D eigenvalue weighted by molar-refractivity contribution is -0.0106. The Labute approximate surface area is 98.6 Å². The summed E-state index contributed by atoms with van der Waals surface area (Å²) in [5, 5.41) is 0. The molecule has 1 unspecified atom stereocenters. The van der Waals surface area contributed by atoms with Gasteiger partial charge in [0, 0.05) is 5.56 Å². The van der Waals surface area contributed by atoms with E-state index in [0.29, 0.717) is 0 Å². The summed E-state index contributed by atoms with van der Waals surface area (Å²) in [6.07, 6.45) is 0. The van der Waals surface area contributed by atoms with Crippen molar-refractivity contribution >= 4 is 0 Å². The summed E-state index contributed by atoms with van der Waals surface area (Å²) in [7, 11) is 0. The summed E-state index contributed by atoms with van der Waals surface area (Å²) in [6, 6.07) is 1.15. The van der Waals surface area contributed by atoms with Crippen LogP contribution >= 0.6 is 0 Å². The minimum Gasteiger partial charge on any atom is -0.374 e. The SMILES string of the molecule is CC(C)(C)OCC(N)c1ccc(F)c(F)c1F. The van der Waals surface area contributed by atoms with Crippen LogP contribution in [0.5, 0.6) is 0 Å². The van der Waals surface area contributed by atoms with E-state index in [9.17, 15) is 13.2 Å². The van der Waals surface area contributed by atoms with Gasteiger partial charge in [0.2, 0.25) is 0 Å². The molecule has 5 heteroatoms. The maximum absolute atomic E-state index is 13.4. The Morgan fingerprint density at radius 2 is 1.76 bits per heavy atom. The van der Waals surface area contributed by atoms with Gasteiger partial charge in [0.25, 0.3) is 0 Å². The van der Waals surface area contributed by atoms with E-state index in [1.165, 1.54) is 0 Å². The Hall–Kier alpha value is -1.07. The third kappa shape index (κ3) is 3.71. The fourth-order valence-corrected chi connectivity index (χ4v) is 1.26. The predicted molar refractivity (Wildman–Crippen MR) is 58.9 cm³/mol. The molecule has 0 saturated heterocycles. The first-order valence-electron chi connectivity index (χ1n) is 5.25. The van der Waals surface area contributed by atoms with Crippen LogP contribution in [0.15, 0.2) is 12.1 Å². The maximum Gasteiger partial charge on any atom is 0.194 e. The lowest BCUT2D eigenvalue weighted by Crippen LogP contribution is -2.27. The van der Waals surface area contributed by atoms with Crippen molar-refractivity contribution in [2.75, 3.05) is 6.61 Å². The second-order valence-electron chi connectivity index (χ2n) is 4.79. The minimum atomic E-state index is -1.51. The lowest BCUT2D eigenvalue weighted by Gasteiger charge is -2.22. The molecule has 0 amide bonds. The van der Waals surface area contributed by atoms with Crippen LogP contribution < -0.4 is 5.73 Å². The van der Waals surface area contributed by atoms with Gasteiger partial charge in [-0.1, -0.05) is 6.07 Å². The molecule has 2 N–H and O–H groups in total. The average molecular weight is 247 g/mol. The summed E-state index contributed by atoms with van der Waals surface area (Å²) < 4.78 is 44.4. The normalized spacial score (nSPS) is 13.8. The first-order valence-corrected chi connectivity index (χ1v) is 5.25. The molecule has 1 aromatic carbocycles. The van der Waals surface area contributed by atoms with Crippen LogP contribution in [-0.2, 0) is 4.74 Å². The van der Waals surface area contributed by atoms with Crippen molar-refractivity contribution in [1.29, 1.82) is 0 Å². The molecule has 96 valence electrons. The minimum absolute atomic E-state index is 0.0332. The number of hydrogen-bond donors (Lipinski definition) is 1. The maximum atomic E-state index is 13.4. The Morgan fingerprint density at radius 3 is 2.29 bits per heavy atom. The molecule has 0 heterocycles. The van der Waals surface area contributed by atoms with Gasteiger partial charge < -0.3 is 10.5 Å². The molecule has 0 radical (unpaired) electrons. The molecule has 1 atom stereocenters. The Bertz CT molecular complexity index is 401. The summed E-state index contributed by atoms with van der Waals surface area (Å²) in [5.41, 5.74) is 5.15. The summed E-state index contributed by atoms with van der Waals surface area (Å²) in [6.45, 7) is 5.50. The topological polar surface area (TPSA) is 35.2 Å². The Kier molecular flexibility index (Phi) is 4.16. The highest BCUT2D eigenvalue weighted by Crippen LogP contribution is 2.21. The number of hydrogen-bond acceptors (Lipinski definition) is 2. The van der Waals surface area contributed by atoms with E-state index in [2.05, 4.69) is 0 Å². The van der Waals surface area contributed by atoms with Gasteiger partial charge in [0.1, 0.15) is 0 Å². The van der Waals surface area contributed by atoms with Crippen molar-refractivity contribution in [3.63, 3.8) is 0 Å². The van der Waals surface area contributed by atoms with Crippen LogP contribution in [-0.4, -0.2) is 12.2 Å². The van der Waals surface area contributed by atoms with Crippen LogP contribution in [0, 0.1) is 17.5 Å². The molecule has 2 nitrogen and oxygen atoms in total. The molecule has 0 aliphatic carbocycles. The van der Waals surface area contributed by atoms with Crippen molar-refractivity contribution < 1.29 is 17.9 Å². The molecule has 0 aliphatic rings. The first-order chi connectivity index (χ1) is 7.72. The van der Waals surface area contributed by atoms with E-state index in [-0.39, 0.29) is 12.2 Å². The van der Waals surface area contributed by atoms with Gasteiger partial charge in [-0.25, -0.2) is 13.2 Å². The van der Waals surface area contributed by atoms with E-state index in [1.54, 1.807) is 0 Å². The zero-order valence-corrected chi connectivity index (χ0v) is 10.1. The van der Waals surface area contributed by atoms with Gasteiger partial charge in [0.05, 0.1) is 18.2 Å². The largest absolute Gasteiger partial charge is 0.374 e. The second-order valence-corrected chi connectivity index (χ2v) is 4.79. The monoisotopic (exact) mass is 247 g/mol. The van der Waals surface area contributed by atoms with Crippen molar-refractivity contribution in [3.05, 3.63) is 35.1 Å². The predicted octanol–water partition coefficient (Wildman–Crippen LogP) is 2.92. The average Bonchev–Trinajstić information content (AvgIpc) is 2.22. The number of ether oxygens (including phenoxy) is 1. The molecule has 1 rings (SSSR count). The van der Waals surface area contributed by atoms with Crippen LogP contribution in [0.25, 0.3) is 0 Å². The van der Waals surface area contributed by atoms with Crippen molar-refractivity contribution in [3.8, 4) is 0 Å². The summed E-state index contributed by atoms with van der Waals surface area (Å²) in [4.78, 5) is 0. The highest BCUT2D eigenvalue weighted by Gasteiger charge is 2.20. The van der Waals surface area contributed by atoms with Gasteiger partial charge in [-0.2, -0.15) is 0 Å². The Balaban J connectivity index is 2.83. The van der Waals surface area contributed by atoms with Crippen LogP contribution in [0.4, 0.5) is 13.2 Å². The molecule has 1 aromatic rings. The fourth-order valence-electron chi connectivity index (χ4n) is 1.26. The molecule has 0 saturated carbocycles. The van der Waals surface area contributed by atoms with Gasteiger partial charge in [0.15, 0.2) is 17.5 Å². The number of halogens is 3. The van der Waals surface area contributed by atoms with Crippen LogP contribution in [0.1, 0.15) is 32.4 Å². The van der Waals surface area contributed by atoms with Gasteiger partial charge >= 0.3 is 0 Å². The number of nitrogens with two attached hydrogens (primary N) is 1. The van der Waals surface area contributed by atoms with Gasteiger partial charge in [-0.15, -0.1) is 0 Å². The molecular formula is C12H16F3NO. The standard InChI is InChI=1S/C12H16F3NO/c1-12(2,3)17-6-9(16)7-4-5-8(13)11(15)10(7)14/h4-5,9H,6,16H2,1-3H3. The van der Waals surface area contributed by atoms with Crippen molar-refractivity contribution in [2.24, 2.45) is 5.73 Å². The summed E-state index contributed by atoms with van der Waals surface area (Å²) in [5.74, 6) is -3.99. The third-order valence-electron chi connectivity index (χ3n) is 2.16. The van der Waals surface area contributed by atoms with Crippen molar-refractivity contribution in [2.45, 2.75) is 32.4 Å². The highest BCUT2D eigenvalue weighted by atomic mass is 19.2. The second kappa shape index (κ2) is 5.06. The first kappa shape index (κ1) is 14.0. The van der Waals surface area contributed by atoms with Gasteiger partial charge in [-0.05, 0) is 26.8 Å². The molecule has 0 aliphatic heterocycles. The number of benzene rings is 1. The molecule has 0 aromatic heterocycles. The van der Waals surface area contributed by atoms with E-state index in [1.807, 2.05) is 20.8 Å². The zero-order valence-electron chi connectivity index (χ0n) is 10.1. The van der Waals surface area contributed by atoms with Crippen LogP contribution in [0.2, 0.25) is 0 Å². The summed E-state index contributed by atoms with van der Waals surface area (Å²) >= 11 is 0. The quantitative estimate of drug-likeness (QED) is 0.833. The van der Waals surface area contributed by atoms with E-state index < -0.39 is 29.1 Å². The smallest absolute Gasteiger partial charge is 0.194 e. The molecule has 0 fully saturated rings. The van der Waals surface area contributed by atoms with E-state index in [4.69, 9.17) is 10.5 Å². The Morgan fingerprint density at radius 1 is 1.18 bits per heavy atom. The third-order valence-corrected chi connectivity index (χ3v) is 2.16. The molecule has 0 bridgehead atoms. The molecule has 0 spiro atoms. The number of rotatable bonds is 3. The lowest BCUT2D eigenvalue weighted by atomic mass is 10.1. The molecule has 17 heavy (non-hydrogen) atoms. The van der Waals surface area contributed by atoms with Crippen molar-refractivity contribution in [1.82, 2.24) is 0 Å². The van der Waals surface area contributed by atoms with Gasteiger partial charge in [-0.3, -0.25) is 0 Å². The van der Waals surface area contributed by atoms with E-state index >= 15 is 0 Å². The fraction of sp³-hybridized carbons (Fsp3) is 0.500. The molecular weight excluding hydrogens is 231 g/mol. The highest BCUT2D eigenvalue weighted by molar-refractivity contribution is 5.23. The zero-order chi connectivity index (χ0) is 13.2. The van der Waals surface area contributed by atoms with E-state index in [0.717, 1.165) is 12.1 Å².